The Labute approximate surface area is 126 Å². The number of pyridine rings is 1. The number of fused-ring (bicyclic) bond motifs is 1. The minimum absolute atomic E-state index is 0.790. The predicted molar refractivity (Wildman–Crippen MR) is 88.2 cm³/mol. The van der Waals surface area contributed by atoms with Gasteiger partial charge in [0.2, 0.25) is 0 Å². The second-order valence-electron chi connectivity index (χ2n) is 4.40. The summed E-state index contributed by atoms with van der Waals surface area (Å²) in [5, 5.41) is 4.61. The van der Waals surface area contributed by atoms with Gasteiger partial charge in [0, 0.05) is 27.4 Å². The van der Waals surface area contributed by atoms with Crippen molar-refractivity contribution in [1.82, 2.24) is 4.98 Å². The second-order valence-corrected chi connectivity index (χ2v) is 5.65. The van der Waals surface area contributed by atoms with Crippen molar-refractivity contribution in [3.8, 4) is 0 Å². The van der Waals surface area contributed by atoms with Gasteiger partial charge in [-0.1, -0.05) is 24.3 Å². The van der Waals surface area contributed by atoms with Crippen LogP contribution < -0.4 is 5.32 Å². The zero-order valence-electron chi connectivity index (χ0n) is 10.3. The molecule has 0 saturated heterocycles. The van der Waals surface area contributed by atoms with Crippen LogP contribution in [-0.4, -0.2) is 4.98 Å². The van der Waals surface area contributed by atoms with Crippen LogP contribution in [0.4, 0.5) is 5.69 Å². The Morgan fingerprint density at radius 1 is 1.00 bits per heavy atom. The molecule has 94 valence electrons. The van der Waals surface area contributed by atoms with Gasteiger partial charge >= 0.3 is 0 Å². The summed E-state index contributed by atoms with van der Waals surface area (Å²) in [6, 6.07) is 18.7. The monoisotopic (exact) mass is 360 g/mol. The van der Waals surface area contributed by atoms with Crippen molar-refractivity contribution in [3.63, 3.8) is 0 Å². The van der Waals surface area contributed by atoms with Gasteiger partial charge in [0.25, 0.3) is 0 Å². The maximum absolute atomic E-state index is 4.47. The highest BCUT2D eigenvalue weighted by Gasteiger charge is 1.98. The van der Waals surface area contributed by atoms with Crippen LogP contribution in [0, 0.1) is 3.57 Å². The molecule has 3 rings (SSSR count). The fourth-order valence-corrected chi connectivity index (χ4v) is 2.56. The Hall–Kier alpha value is -1.62. The number of anilines is 1. The highest BCUT2D eigenvalue weighted by Crippen LogP contribution is 2.16. The molecule has 1 heterocycles. The molecule has 0 radical (unpaired) electrons. The lowest BCUT2D eigenvalue weighted by Gasteiger charge is -2.07. The second kappa shape index (κ2) is 5.57. The molecule has 0 aliphatic carbocycles. The first-order chi connectivity index (χ1) is 9.31. The first-order valence-corrected chi connectivity index (χ1v) is 7.22. The smallest absolute Gasteiger partial charge is 0.0702 e. The van der Waals surface area contributed by atoms with Gasteiger partial charge in [-0.05, 0) is 58.5 Å². The summed E-state index contributed by atoms with van der Waals surface area (Å²) < 4.78 is 1.24. The molecule has 0 aliphatic heterocycles. The molecule has 19 heavy (non-hydrogen) atoms. The lowest BCUT2D eigenvalue weighted by molar-refractivity contribution is 1.13. The van der Waals surface area contributed by atoms with Crippen LogP contribution in [-0.2, 0) is 6.54 Å². The minimum Gasteiger partial charge on any atom is -0.381 e. The van der Waals surface area contributed by atoms with Crippen molar-refractivity contribution < 1.29 is 0 Å². The molecule has 2 nitrogen and oxygen atoms in total. The largest absolute Gasteiger partial charge is 0.381 e. The van der Waals surface area contributed by atoms with Gasteiger partial charge < -0.3 is 5.32 Å². The Kier molecular flexibility index (Phi) is 3.64. The Balaban J connectivity index is 1.78. The van der Waals surface area contributed by atoms with Crippen molar-refractivity contribution in [1.29, 1.82) is 0 Å². The molecular weight excluding hydrogens is 347 g/mol. The van der Waals surface area contributed by atoms with Crippen LogP contribution in [0.15, 0.2) is 60.8 Å². The number of hydrogen-bond donors (Lipinski definition) is 1. The van der Waals surface area contributed by atoms with E-state index < -0.39 is 0 Å². The molecule has 0 atom stereocenters. The number of hydrogen-bond acceptors (Lipinski definition) is 2. The van der Waals surface area contributed by atoms with Gasteiger partial charge in [0.1, 0.15) is 0 Å². The molecule has 0 bridgehead atoms. The number of nitrogens with zero attached hydrogens (tertiary/aromatic N) is 1. The van der Waals surface area contributed by atoms with Crippen molar-refractivity contribution >= 4 is 39.2 Å². The van der Waals surface area contributed by atoms with Gasteiger partial charge in [0.05, 0.1) is 5.52 Å². The first-order valence-electron chi connectivity index (χ1n) is 6.14. The van der Waals surface area contributed by atoms with E-state index in [1.807, 2.05) is 24.4 Å². The van der Waals surface area contributed by atoms with Gasteiger partial charge in [0.15, 0.2) is 0 Å². The maximum atomic E-state index is 4.47. The summed E-state index contributed by atoms with van der Waals surface area (Å²) in [5.74, 6) is 0. The van der Waals surface area contributed by atoms with Crippen LogP contribution in [0.5, 0.6) is 0 Å². The molecule has 0 spiro atoms. The van der Waals surface area contributed by atoms with E-state index in [4.69, 9.17) is 0 Å². The molecule has 0 amide bonds. The molecule has 3 aromatic rings. The third-order valence-electron chi connectivity index (χ3n) is 2.97. The lowest BCUT2D eigenvalue weighted by Crippen LogP contribution is -2.00. The van der Waals surface area contributed by atoms with Crippen LogP contribution >= 0.6 is 22.6 Å². The van der Waals surface area contributed by atoms with Crippen molar-refractivity contribution in [3.05, 3.63) is 69.9 Å². The Bertz CT molecular complexity index is 710. The van der Waals surface area contributed by atoms with Crippen molar-refractivity contribution in [2.24, 2.45) is 0 Å². The molecule has 0 fully saturated rings. The summed E-state index contributed by atoms with van der Waals surface area (Å²) in [6.45, 7) is 0.790. The number of halogens is 1. The first kappa shape index (κ1) is 12.4. The molecule has 0 unspecified atom stereocenters. The zero-order valence-corrected chi connectivity index (χ0v) is 12.5. The predicted octanol–water partition coefficient (Wildman–Crippen LogP) is 4.45. The van der Waals surface area contributed by atoms with E-state index >= 15 is 0 Å². The average Bonchev–Trinajstić information content (AvgIpc) is 2.45. The zero-order chi connectivity index (χ0) is 13.1. The van der Waals surface area contributed by atoms with Gasteiger partial charge in [-0.25, -0.2) is 0 Å². The van der Waals surface area contributed by atoms with E-state index in [0.29, 0.717) is 0 Å². The third-order valence-corrected chi connectivity index (χ3v) is 3.64. The molecule has 0 aliphatic rings. The molecular formula is C16H13IN2. The summed E-state index contributed by atoms with van der Waals surface area (Å²) in [6.07, 6.45) is 1.93. The van der Waals surface area contributed by atoms with Gasteiger partial charge in [-0.2, -0.15) is 0 Å². The molecule has 1 N–H and O–H groups in total. The van der Waals surface area contributed by atoms with E-state index in [2.05, 4.69) is 69.3 Å². The maximum Gasteiger partial charge on any atom is 0.0702 e. The van der Waals surface area contributed by atoms with E-state index in [0.717, 1.165) is 17.7 Å². The molecule has 0 saturated carbocycles. The topological polar surface area (TPSA) is 24.9 Å². The minimum atomic E-state index is 0.790. The van der Waals surface area contributed by atoms with Crippen molar-refractivity contribution in [2.45, 2.75) is 6.54 Å². The molecule has 1 aromatic heterocycles. The number of aromatic nitrogens is 1. The lowest BCUT2D eigenvalue weighted by atomic mass is 10.1. The summed E-state index contributed by atoms with van der Waals surface area (Å²) in [4.78, 5) is 4.47. The molecule has 3 heteroatoms. The summed E-state index contributed by atoms with van der Waals surface area (Å²) in [5.41, 5.74) is 3.37. The average molecular weight is 360 g/mol. The van der Waals surface area contributed by atoms with Crippen LogP contribution in [0.2, 0.25) is 0 Å². The fraction of sp³-hybridized carbons (Fsp3) is 0.0625. The van der Waals surface area contributed by atoms with Gasteiger partial charge in [-0.15, -0.1) is 0 Å². The van der Waals surface area contributed by atoms with Crippen LogP contribution in [0.25, 0.3) is 10.9 Å². The number of para-hydroxylation sites is 1. The summed E-state index contributed by atoms with van der Waals surface area (Å²) in [7, 11) is 0. The van der Waals surface area contributed by atoms with Crippen LogP contribution in [0.1, 0.15) is 5.56 Å². The third kappa shape index (κ3) is 3.04. The standard InChI is InChI=1S/C16H13IN2/c17-14-5-3-6-15(9-14)18-10-12-8-13-4-1-2-7-16(13)19-11-12/h1-9,11,18H,10H2. The number of benzene rings is 2. The van der Waals surface area contributed by atoms with E-state index in [1.54, 1.807) is 0 Å². The van der Waals surface area contributed by atoms with E-state index in [9.17, 15) is 0 Å². The van der Waals surface area contributed by atoms with Gasteiger partial charge in [-0.3, -0.25) is 4.98 Å². The SMILES string of the molecule is Ic1cccc(NCc2cnc3ccccc3c2)c1. The van der Waals surface area contributed by atoms with Crippen molar-refractivity contribution in [2.75, 3.05) is 5.32 Å². The summed E-state index contributed by atoms with van der Waals surface area (Å²) >= 11 is 2.32. The Morgan fingerprint density at radius 2 is 1.89 bits per heavy atom. The quantitative estimate of drug-likeness (QED) is 0.698. The fourth-order valence-electron chi connectivity index (χ4n) is 2.02. The highest BCUT2D eigenvalue weighted by atomic mass is 127. The number of nitrogens with one attached hydrogen (secondary N) is 1. The van der Waals surface area contributed by atoms with E-state index in [1.165, 1.54) is 14.5 Å². The Morgan fingerprint density at radius 3 is 2.79 bits per heavy atom. The van der Waals surface area contributed by atoms with E-state index in [-0.39, 0.29) is 0 Å². The molecule has 2 aromatic carbocycles. The highest BCUT2D eigenvalue weighted by molar-refractivity contribution is 14.1. The number of rotatable bonds is 3. The van der Waals surface area contributed by atoms with Crippen LogP contribution in [0.3, 0.4) is 0 Å². The normalized spacial score (nSPS) is 10.6.